The predicted molar refractivity (Wildman–Crippen MR) is 62.1 cm³/mol. The number of aliphatic hydroxyl groups is 1. The molecule has 2 N–H and O–H groups in total. The maximum atomic E-state index is 12.4. The molecule has 1 aliphatic carbocycles. The van der Waals surface area contributed by atoms with Crippen molar-refractivity contribution in [2.45, 2.75) is 57.2 Å². The number of hydrogen-bond acceptors (Lipinski definition) is 3. The summed E-state index contributed by atoms with van der Waals surface area (Å²) < 4.78 is 0. The van der Waals surface area contributed by atoms with Gasteiger partial charge in [-0.2, -0.15) is 0 Å². The molecule has 0 spiro atoms. The molecule has 2 rings (SSSR count). The van der Waals surface area contributed by atoms with Crippen LogP contribution in [0, 0.1) is 0 Å². The molecule has 1 atom stereocenters. The first-order valence-electron chi connectivity index (χ1n) is 6.23. The first-order chi connectivity index (χ1) is 7.56. The van der Waals surface area contributed by atoms with Crippen molar-refractivity contribution in [3.8, 4) is 0 Å². The molecule has 1 amide bonds. The topological polar surface area (TPSA) is 52.6 Å². The van der Waals surface area contributed by atoms with E-state index in [1.807, 2.05) is 0 Å². The third kappa shape index (κ3) is 2.23. The lowest BCUT2D eigenvalue weighted by Gasteiger charge is -2.38. The van der Waals surface area contributed by atoms with Crippen LogP contribution in [-0.2, 0) is 4.79 Å². The fourth-order valence-corrected chi connectivity index (χ4v) is 2.59. The Morgan fingerprint density at radius 1 is 1.50 bits per heavy atom. The lowest BCUT2D eigenvalue weighted by atomic mass is 9.98. The Labute approximate surface area is 97.0 Å². The first-order valence-corrected chi connectivity index (χ1v) is 6.23. The summed E-state index contributed by atoms with van der Waals surface area (Å²) in [5, 5.41) is 12.2. The molecule has 92 valence electrons. The molecule has 1 unspecified atom stereocenters. The molecule has 4 heteroatoms. The molecule has 1 saturated heterocycles. The van der Waals surface area contributed by atoms with Gasteiger partial charge in [0.2, 0.25) is 5.91 Å². The summed E-state index contributed by atoms with van der Waals surface area (Å²) in [6, 6.07) is 0.260. The molecule has 4 nitrogen and oxygen atoms in total. The lowest BCUT2D eigenvalue weighted by Crippen LogP contribution is -2.52. The highest BCUT2D eigenvalue weighted by molar-refractivity contribution is 5.83. The third-order valence-electron chi connectivity index (χ3n) is 3.65. The van der Waals surface area contributed by atoms with Crippen molar-refractivity contribution in [1.29, 1.82) is 0 Å². The van der Waals surface area contributed by atoms with E-state index in [2.05, 4.69) is 24.1 Å². The maximum Gasteiger partial charge on any atom is 0.240 e. The van der Waals surface area contributed by atoms with Crippen molar-refractivity contribution in [3.05, 3.63) is 0 Å². The maximum absolute atomic E-state index is 12.4. The highest BCUT2D eigenvalue weighted by atomic mass is 16.3. The molecular weight excluding hydrogens is 204 g/mol. The van der Waals surface area contributed by atoms with E-state index < -0.39 is 0 Å². The van der Waals surface area contributed by atoms with E-state index in [-0.39, 0.29) is 24.1 Å². The van der Waals surface area contributed by atoms with Crippen LogP contribution in [0.25, 0.3) is 0 Å². The fraction of sp³-hybridized carbons (Fsp3) is 0.917. The normalized spacial score (nSPS) is 30.3. The van der Waals surface area contributed by atoms with Crippen molar-refractivity contribution in [2.24, 2.45) is 0 Å². The summed E-state index contributed by atoms with van der Waals surface area (Å²) in [6.45, 7) is 5.22. The Hall–Kier alpha value is -0.610. The molecule has 0 bridgehead atoms. The molecule has 1 heterocycles. The van der Waals surface area contributed by atoms with E-state index in [9.17, 15) is 4.79 Å². The predicted octanol–water partition coefficient (Wildman–Crippen LogP) is 0.500. The Morgan fingerprint density at radius 3 is 2.75 bits per heavy atom. The van der Waals surface area contributed by atoms with Gasteiger partial charge >= 0.3 is 0 Å². The monoisotopic (exact) mass is 226 g/mol. The largest absolute Gasteiger partial charge is 0.396 e. The zero-order valence-electron chi connectivity index (χ0n) is 10.2. The highest BCUT2D eigenvalue weighted by Gasteiger charge is 2.44. The summed E-state index contributed by atoms with van der Waals surface area (Å²) in [4.78, 5) is 14.4. The molecule has 0 radical (unpaired) electrons. The Morgan fingerprint density at radius 2 is 2.19 bits per heavy atom. The van der Waals surface area contributed by atoms with Crippen molar-refractivity contribution >= 4 is 5.91 Å². The zero-order valence-corrected chi connectivity index (χ0v) is 10.2. The van der Waals surface area contributed by atoms with E-state index in [0.29, 0.717) is 12.5 Å². The lowest BCUT2D eigenvalue weighted by molar-refractivity contribution is -0.138. The Bertz CT molecular complexity index is 274. The van der Waals surface area contributed by atoms with Gasteiger partial charge in [-0.15, -0.1) is 0 Å². The molecule has 1 saturated carbocycles. The van der Waals surface area contributed by atoms with Gasteiger partial charge < -0.3 is 15.3 Å². The van der Waals surface area contributed by atoms with Gasteiger partial charge in [-0.25, -0.2) is 0 Å². The number of carbonyl (C=O) groups excluding carboxylic acids is 1. The highest BCUT2D eigenvalue weighted by Crippen LogP contribution is 2.36. The quantitative estimate of drug-likeness (QED) is 0.737. The smallest absolute Gasteiger partial charge is 0.240 e. The van der Waals surface area contributed by atoms with Crippen molar-refractivity contribution in [1.82, 2.24) is 10.2 Å². The van der Waals surface area contributed by atoms with Crippen LogP contribution in [0.15, 0.2) is 0 Å². The summed E-state index contributed by atoms with van der Waals surface area (Å²) in [6.07, 6.45) is 3.79. The average Bonchev–Trinajstić information content (AvgIpc) is 2.99. The van der Waals surface area contributed by atoms with Gasteiger partial charge in [0, 0.05) is 18.2 Å². The number of carbonyl (C=O) groups is 1. The molecule has 1 aliphatic heterocycles. The van der Waals surface area contributed by atoms with Crippen LogP contribution in [-0.4, -0.2) is 46.7 Å². The van der Waals surface area contributed by atoms with Crippen LogP contribution in [0.1, 0.15) is 39.5 Å². The zero-order chi connectivity index (χ0) is 11.8. The number of nitrogens with zero attached hydrogens (tertiary/aromatic N) is 1. The number of amides is 1. The van der Waals surface area contributed by atoms with Crippen LogP contribution < -0.4 is 5.32 Å². The minimum Gasteiger partial charge on any atom is -0.396 e. The second kappa shape index (κ2) is 4.34. The minimum absolute atomic E-state index is 0.0462. The van der Waals surface area contributed by atoms with Gasteiger partial charge in [-0.05, 0) is 46.1 Å². The number of hydrogen-bond donors (Lipinski definition) is 2. The molecule has 0 aromatic carbocycles. The Kier molecular flexibility index (Phi) is 3.22. The number of rotatable bonds is 3. The van der Waals surface area contributed by atoms with E-state index in [0.717, 1.165) is 25.8 Å². The molecular formula is C12H22N2O2. The standard InChI is InChI=1S/C12H22N2O2/c1-12(2)6-7-13-10(5-8-15)11(16)14(12)9-3-4-9/h9-10,13,15H,3-8H2,1-2H3. The van der Waals surface area contributed by atoms with Gasteiger partial charge in [0.15, 0.2) is 0 Å². The van der Waals surface area contributed by atoms with E-state index in [1.54, 1.807) is 0 Å². The second-order valence-corrected chi connectivity index (χ2v) is 5.52. The van der Waals surface area contributed by atoms with Crippen LogP contribution >= 0.6 is 0 Å². The summed E-state index contributed by atoms with van der Waals surface area (Å²) in [7, 11) is 0. The Balaban J connectivity index is 2.16. The van der Waals surface area contributed by atoms with Crippen LogP contribution in [0.4, 0.5) is 0 Å². The molecule has 16 heavy (non-hydrogen) atoms. The second-order valence-electron chi connectivity index (χ2n) is 5.52. The summed E-state index contributed by atoms with van der Waals surface area (Å²) in [5.41, 5.74) is -0.0462. The minimum atomic E-state index is -0.188. The van der Waals surface area contributed by atoms with Crippen LogP contribution in [0.3, 0.4) is 0 Å². The third-order valence-corrected chi connectivity index (χ3v) is 3.65. The number of aliphatic hydroxyl groups excluding tert-OH is 1. The molecule has 0 aromatic heterocycles. The average molecular weight is 226 g/mol. The van der Waals surface area contributed by atoms with Crippen LogP contribution in [0.5, 0.6) is 0 Å². The summed E-state index contributed by atoms with van der Waals surface area (Å²) in [5.74, 6) is 0.180. The molecule has 0 aromatic rings. The van der Waals surface area contributed by atoms with Crippen LogP contribution in [0.2, 0.25) is 0 Å². The summed E-state index contributed by atoms with van der Waals surface area (Å²) >= 11 is 0. The van der Waals surface area contributed by atoms with E-state index in [4.69, 9.17) is 5.11 Å². The van der Waals surface area contributed by atoms with Gasteiger partial charge in [-0.3, -0.25) is 4.79 Å². The van der Waals surface area contributed by atoms with Gasteiger partial charge in [0.05, 0.1) is 6.04 Å². The SMILES string of the molecule is CC1(C)CCNC(CCO)C(=O)N1C1CC1. The fourth-order valence-electron chi connectivity index (χ4n) is 2.59. The molecule has 2 fully saturated rings. The molecule has 2 aliphatic rings. The van der Waals surface area contributed by atoms with Gasteiger partial charge in [0.1, 0.15) is 0 Å². The number of nitrogens with one attached hydrogen (secondary N) is 1. The first kappa shape index (κ1) is 11.9. The van der Waals surface area contributed by atoms with Gasteiger partial charge in [-0.1, -0.05) is 0 Å². The van der Waals surface area contributed by atoms with Crippen molar-refractivity contribution in [2.75, 3.05) is 13.2 Å². The van der Waals surface area contributed by atoms with Crippen molar-refractivity contribution < 1.29 is 9.90 Å². The van der Waals surface area contributed by atoms with E-state index in [1.165, 1.54) is 0 Å². The van der Waals surface area contributed by atoms with Gasteiger partial charge in [0.25, 0.3) is 0 Å². The van der Waals surface area contributed by atoms with Crippen molar-refractivity contribution in [3.63, 3.8) is 0 Å². The van der Waals surface area contributed by atoms with E-state index >= 15 is 0 Å².